The van der Waals surface area contributed by atoms with Crippen molar-refractivity contribution in [2.45, 2.75) is 46.1 Å². The number of rotatable bonds is 7. The van der Waals surface area contributed by atoms with Crippen LogP contribution >= 0.6 is 0 Å². The van der Waals surface area contributed by atoms with Gasteiger partial charge in [0.1, 0.15) is 0 Å². The molecule has 21 heavy (non-hydrogen) atoms. The zero-order valence-electron chi connectivity index (χ0n) is 13.6. The molecule has 2 amide bonds. The molecule has 1 aliphatic rings. The Balaban J connectivity index is 2.22. The third kappa shape index (κ3) is 6.33. The van der Waals surface area contributed by atoms with Gasteiger partial charge in [-0.25, -0.2) is 4.79 Å². The van der Waals surface area contributed by atoms with Crippen LogP contribution in [0.4, 0.5) is 4.79 Å². The summed E-state index contributed by atoms with van der Waals surface area (Å²) in [5.41, 5.74) is 0. The number of amides is 2. The Morgan fingerprint density at radius 1 is 1.19 bits per heavy atom. The maximum Gasteiger partial charge on any atom is 0.409 e. The molecule has 1 aliphatic heterocycles. The van der Waals surface area contributed by atoms with Gasteiger partial charge >= 0.3 is 6.09 Å². The molecule has 6 nitrogen and oxygen atoms in total. The van der Waals surface area contributed by atoms with Gasteiger partial charge in [-0.3, -0.25) is 4.79 Å². The number of carbonyl (C=O) groups excluding carboxylic acids is 2. The van der Waals surface area contributed by atoms with E-state index in [9.17, 15) is 9.59 Å². The molecule has 122 valence electrons. The van der Waals surface area contributed by atoms with Crippen molar-refractivity contribution in [1.29, 1.82) is 0 Å². The first-order valence-electron chi connectivity index (χ1n) is 8.04. The number of hydrogen-bond donors (Lipinski definition) is 1. The van der Waals surface area contributed by atoms with Crippen molar-refractivity contribution in [3.05, 3.63) is 0 Å². The molecule has 0 radical (unpaired) electrons. The van der Waals surface area contributed by atoms with Crippen LogP contribution in [0.25, 0.3) is 0 Å². The zero-order chi connectivity index (χ0) is 15.7. The molecule has 6 heteroatoms. The molecule has 0 saturated carbocycles. The molecule has 0 aliphatic carbocycles. The van der Waals surface area contributed by atoms with Crippen molar-refractivity contribution in [3.63, 3.8) is 0 Å². The van der Waals surface area contributed by atoms with Gasteiger partial charge in [0.15, 0.2) is 0 Å². The van der Waals surface area contributed by atoms with Crippen molar-refractivity contribution in [3.8, 4) is 0 Å². The first-order valence-corrected chi connectivity index (χ1v) is 8.04. The lowest BCUT2D eigenvalue weighted by Gasteiger charge is -2.31. The molecule has 0 aromatic rings. The fraction of sp³-hybridized carbons (Fsp3) is 0.867. The maximum atomic E-state index is 11.9. The molecule has 1 saturated heterocycles. The third-order valence-corrected chi connectivity index (χ3v) is 3.94. The number of nitrogens with one attached hydrogen (secondary N) is 1. The average molecular weight is 299 g/mol. The summed E-state index contributed by atoms with van der Waals surface area (Å²) >= 11 is 0. The first kappa shape index (κ1) is 17.8. The lowest BCUT2D eigenvalue weighted by molar-refractivity contribution is -0.122. The van der Waals surface area contributed by atoms with Crippen LogP contribution in [-0.2, 0) is 9.53 Å². The van der Waals surface area contributed by atoms with Gasteiger partial charge in [0.2, 0.25) is 5.91 Å². The number of carbonyl (C=O) groups is 2. The summed E-state index contributed by atoms with van der Waals surface area (Å²) in [5, 5.41) is 3.07. The highest BCUT2D eigenvalue weighted by atomic mass is 16.6. The van der Waals surface area contributed by atoms with Gasteiger partial charge in [-0.15, -0.1) is 0 Å². The average Bonchev–Trinajstić information content (AvgIpc) is 2.49. The number of piperidine rings is 1. The van der Waals surface area contributed by atoms with E-state index in [1.165, 1.54) is 0 Å². The van der Waals surface area contributed by atoms with Gasteiger partial charge in [-0.1, -0.05) is 13.8 Å². The fourth-order valence-electron chi connectivity index (χ4n) is 2.52. The molecule has 1 rings (SSSR count). The molecule has 0 unspecified atom stereocenters. The van der Waals surface area contributed by atoms with Gasteiger partial charge in [0, 0.05) is 32.1 Å². The Morgan fingerprint density at radius 3 is 2.33 bits per heavy atom. The highest BCUT2D eigenvalue weighted by molar-refractivity contribution is 5.76. The van der Waals surface area contributed by atoms with Crippen LogP contribution in [0.15, 0.2) is 0 Å². The highest BCUT2D eigenvalue weighted by Crippen LogP contribution is 2.11. The molecule has 0 spiro atoms. The maximum absolute atomic E-state index is 11.9. The van der Waals surface area contributed by atoms with Crippen LogP contribution < -0.4 is 5.32 Å². The zero-order valence-corrected chi connectivity index (χ0v) is 13.6. The van der Waals surface area contributed by atoms with Crippen molar-refractivity contribution < 1.29 is 14.3 Å². The Kier molecular flexibility index (Phi) is 8.12. The number of hydrogen-bond acceptors (Lipinski definition) is 4. The van der Waals surface area contributed by atoms with Crippen molar-refractivity contribution in [2.24, 2.45) is 0 Å². The summed E-state index contributed by atoms with van der Waals surface area (Å²) in [6.45, 7) is 10.5. The second-order valence-electron chi connectivity index (χ2n) is 5.30. The van der Waals surface area contributed by atoms with Crippen molar-refractivity contribution in [2.75, 3.05) is 39.3 Å². The van der Waals surface area contributed by atoms with E-state index in [4.69, 9.17) is 4.74 Å². The second-order valence-corrected chi connectivity index (χ2v) is 5.30. The van der Waals surface area contributed by atoms with Crippen LogP contribution in [0, 0.1) is 0 Å². The Labute approximate surface area is 127 Å². The van der Waals surface area contributed by atoms with E-state index in [1.807, 2.05) is 0 Å². The molecule has 0 aromatic heterocycles. The molecule has 1 fully saturated rings. The molecule has 0 bridgehead atoms. The minimum Gasteiger partial charge on any atom is -0.450 e. The monoisotopic (exact) mass is 299 g/mol. The van der Waals surface area contributed by atoms with E-state index in [0.29, 0.717) is 26.1 Å². The number of likely N-dealkylation sites (tertiary alicyclic amines) is 1. The summed E-state index contributed by atoms with van der Waals surface area (Å²) in [5.74, 6) is 0.108. The molecular formula is C15H29N3O3. The lowest BCUT2D eigenvalue weighted by atomic mass is 10.1. The summed E-state index contributed by atoms with van der Waals surface area (Å²) in [6, 6.07) is 0.180. The molecule has 0 atom stereocenters. The van der Waals surface area contributed by atoms with Gasteiger partial charge in [0.05, 0.1) is 6.61 Å². The smallest absolute Gasteiger partial charge is 0.409 e. The van der Waals surface area contributed by atoms with Gasteiger partial charge < -0.3 is 19.9 Å². The van der Waals surface area contributed by atoms with Gasteiger partial charge in [-0.05, 0) is 32.9 Å². The van der Waals surface area contributed by atoms with Crippen molar-refractivity contribution >= 4 is 12.0 Å². The summed E-state index contributed by atoms with van der Waals surface area (Å²) in [6.07, 6.45) is 1.90. The molecular weight excluding hydrogens is 270 g/mol. The summed E-state index contributed by atoms with van der Waals surface area (Å²) in [7, 11) is 0. The van der Waals surface area contributed by atoms with E-state index in [-0.39, 0.29) is 18.0 Å². The quantitative estimate of drug-likeness (QED) is 0.773. The minimum atomic E-state index is -0.246. The summed E-state index contributed by atoms with van der Waals surface area (Å²) in [4.78, 5) is 27.5. The lowest BCUT2D eigenvalue weighted by Crippen LogP contribution is -2.47. The molecule has 1 heterocycles. The van der Waals surface area contributed by atoms with E-state index < -0.39 is 0 Å². The molecule has 1 N–H and O–H groups in total. The fourth-order valence-corrected chi connectivity index (χ4v) is 2.52. The predicted molar refractivity (Wildman–Crippen MR) is 82.2 cm³/mol. The van der Waals surface area contributed by atoms with Crippen LogP contribution in [0.3, 0.4) is 0 Å². The molecule has 0 aromatic carbocycles. The van der Waals surface area contributed by atoms with E-state index in [2.05, 4.69) is 24.1 Å². The Hall–Kier alpha value is -1.30. The first-order chi connectivity index (χ1) is 10.1. The third-order valence-electron chi connectivity index (χ3n) is 3.94. The van der Waals surface area contributed by atoms with Crippen LogP contribution in [-0.4, -0.2) is 67.2 Å². The minimum absolute atomic E-state index is 0.108. The largest absolute Gasteiger partial charge is 0.450 e. The SMILES string of the molecule is CCOC(=O)N1CCC(NC(=O)CCN(CC)CC)CC1. The second kappa shape index (κ2) is 9.60. The number of nitrogens with zero attached hydrogens (tertiary/aromatic N) is 2. The van der Waals surface area contributed by atoms with Crippen LogP contribution in [0.5, 0.6) is 0 Å². The highest BCUT2D eigenvalue weighted by Gasteiger charge is 2.24. The standard InChI is InChI=1S/C15H29N3O3/c1-4-17(5-2)10-9-14(19)16-13-7-11-18(12-8-13)15(20)21-6-3/h13H,4-12H2,1-3H3,(H,16,19). The number of ether oxygens (including phenoxy) is 1. The Morgan fingerprint density at radius 2 is 1.81 bits per heavy atom. The summed E-state index contributed by atoms with van der Waals surface area (Å²) < 4.78 is 4.98. The topological polar surface area (TPSA) is 61.9 Å². The van der Waals surface area contributed by atoms with E-state index in [1.54, 1.807) is 11.8 Å². The predicted octanol–water partition coefficient (Wildman–Crippen LogP) is 1.46. The van der Waals surface area contributed by atoms with Gasteiger partial charge in [-0.2, -0.15) is 0 Å². The Bertz CT molecular complexity index is 324. The van der Waals surface area contributed by atoms with E-state index in [0.717, 1.165) is 32.5 Å². The normalized spacial score (nSPS) is 16.1. The van der Waals surface area contributed by atoms with Crippen LogP contribution in [0.2, 0.25) is 0 Å². The van der Waals surface area contributed by atoms with E-state index >= 15 is 0 Å². The van der Waals surface area contributed by atoms with Crippen LogP contribution in [0.1, 0.15) is 40.0 Å². The van der Waals surface area contributed by atoms with Gasteiger partial charge in [0.25, 0.3) is 0 Å². The van der Waals surface area contributed by atoms with Crippen molar-refractivity contribution in [1.82, 2.24) is 15.1 Å².